The van der Waals surface area contributed by atoms with Gasteiger partial charge in [-0.1, -0.05) is 12.1 Å². The first-order chi connectivity index (χ1) is 12.0. The Morgan fingerprint density at radius 1 is 1.28 bits per heavy atom. The fraction of sp³-hybridized carbons (Fsp3) is 0.471. The summed E-state index contributed by atoms with van der Waals surface area (Å²) in [5.41, 5.74) is 1.41. The Morgan fingerprint density at radius 2 is 2.00 bits per heavy atom. The third-order valence-electron chi connectivity index (χ3n) is 3.84. The second-order valence-corrected chi connectivity index (χ2v) is 5.72. The molecule has 0 radical (unpaired) electrons. The number of esters is 1. The minimum atomic E-state index is -0.499. The van der Waals surface area contributed by atoms with Crippen LogP contribution in [0.15, 0.2) is 24.3 Å². The predicted molar refractivity (Wildman–Crippen MR) is 91.0 cm³/mol. The van der Waals surface area contributed by atoms with E-state index in [1.54, 1.807) is 24.3 Å². The van der Waals surface area contributed by atoms with Gasteiger partial charge in [0.2, 0.25) is 11.8 Å². The molecule has 0 spiro atoms. The van der Waals surface area contributed by atoms with Crippen LogP contribution in [0.1, 0.15) is 12.5 Å². The van der Waals surface area contributed by atoms with Crippen LogP contribution in [-0.4, -0.2) is 56.7 Å². The van der Waals surface area contributed by atoms with Gasteiger partial charge in [-0.3, -0.25) is 14.4 Å². The number of nitrogens with one attached hydrogen (secondary N) is 3. The molecule has 0 aliphatic carbocycles. The number of carbonyl (C=O) groups is 3. The summed E-state index contributed by atoms with van der Waals surface area (Å²) < 4.78 is 9.91. The van der Waals surface area contributed by atoms with Gasteiger partial charge in [0.25, 0.3) is 0 Å². The summed E-state index contributed by atoms with van der Waals surface area (Å²) >= 11 is 0. The Bertz CT molecular complexity index is 617. The van der Waals surface area contributed by atoms with Crippen LogP contribution < -0.4 is 16.0 Å². The standard InChI is InChI=1S/C17H23N3O5/c1-11-16(18-7-8-25-11)17(23)20-13-5-3-12(4-6-13)9-14(21)19-10-15(22)24-2/h3-6,11,16,18H,7-10H2,1-2H3,(H,19,21)(H,20,23)/t11-,16+/m1/s1. The fourth-order valence-corrected chi connectivity index (χ4v) is 2.44. The quantitative estimate of drug-likeness (QED) is 0.616. The van der Waals surface area contributed by atoms with Crippen molar-refractivity contribution in [1.29, 1.82) is 0 Å². The lowest BCUT2D eigenvalue weighted by Crippen LogP contribution is -2.53. The second kappa shape index (κ2) is 9.14. The summed E-state index contributed by atoms with van der Waals surface area (Å²) in [6, 6.07) is 6.57. The number of methoxy groups -OCH3 is 1. The van der Waals surface area contributed by atoms with Gasteiger partial charge in [0.1, 0.15) is 12.6 Å². The van der Waals surface area contributed by atoms with Crippen molar-refractivity contribution in [1.82, 2.24) is 10.6 Å². The molecule has 1 aromatic carbocycles. The number of carbonyl (C=O) groups excluding carboxylic acids is 3. The molecular weight excluding hydrogens is 326 g/mol. The first-order valence-corrected chi connectivity index (χ1v) is 8.08. The molecule has 1 aliphatic rings. The van der Waals surface area contributed by atoms with Crippen molar-refractivity contribution >= 4 is 23.5 Å². The Morgan fingerprint density at radius 3 is 2.64 bits per heavy atom. The molecule has 1 heterocycles. The van der Waals surface area contributed by atoms with Crippen molar-refractivity contribution in [2.24, 2.45) is 0 Å². The maximum atomic E-state index is 12.3. The van der Waals surface area contributed by atoms with E-state index in [1.807, 2.05) is 6.92 Å². The largest absolute Gasteiger partial charge is 0.468 e. The van der Waals surface area contributed by atoms with E-state index in [9.17, 15) is 14.4 Å². The molecule has 1 aliphatic heterocycles. The van der Waals surface area contributed by atoms with Gasteiger partial charge in [0.15, 0.2) is 0 Å². The molecule has 0 aromatic heterocycles. The monoisotopic (exact) mass is 349 g/mol. The summed E-state index contributed by atoms with van der Waals surface area (Å²) in [5, 5.41) is 8.42. The van der Waals surface area contributed by atoms with E-state index < -0.39 is 12.0 Å². The van der Waals surface area contributed by atoms with Crippen LogP contribution in [0.2, 0.25) is 0 Å². The summed E-state index contributed by atoms with van der Waals surface area (Å²) in [6.07, 6.45) is -0.0492. The van der Waals surface area contributed by atoms with Gasteiger partial charge in [-0.15, -0.1) is 0 Å². The maximum Gasteiger partial charge on any atom is 0.325 e. The van der Waals surface area contributed by atoms with Gasteiger partial charge < -0.3 is 25.4 Å². The smallest absolute Gasteiger partial charge is 0.325 e. The van der Waals surface area contributed by atoms with Crippen molar-refractivity contribution in [3.63, 3.8) is 0 Å². The molecule has 2 rings (SSSR count). The van der Waals surface area contributed by atoms with Crippen molar-refractivity contribution < 1.29 is 23.9 Å². The average Bonchev–Trinajstić information content (AvgIpc) is 2.61. The number of benzene rings is 1. The zero-order valence-corrected chi connectivity index (χ0v) is 14.3. The summed E-state index contributed by atoms with van der Waals surface area (Å²) in [6.45, 7) is 2.93. The molecule has 0 bridgehead atoms. The third kappa shape index (κ3) is 5.84. The van der Waals surface area contributed by atoms with Gasteiger partial charge in [-0.25, -0.2) is 0 Å². The Balaban J connectivity index is 1.84. The molecule has 1 fully saturated rings. The van der Waals surface area contributed by atoms with E-state index in [-0.39, 0.29) is 30.9 Å². The van der Waals surface area contributed by atoms with Crippen LogP contribution in [0.3, 0.4) is 0 Å². The highest BCUT2D eigenvalue weighted by Crippen LogP contribution is 2.12. The van der Waals surface area contributed by atoms with Crippen LogP contribution in [0.4, 0.5) is 5.69 Å². The fourth-order valence-electron chi connectivity index (χ4n) is 2.44. The average molecular weight is 349 g/mol. The van der Waals surface area contributed by atoms with Gasteiger partial charge in [0.05, 0.1) is 26.2 Å². The summed E-state index contributed by atoms with van der Waals surface area (Å²) in [7, 11) is 1.26. The number of hydrogen-bond acceptors (Lipinski definition) is 6. The molecule has 2 atom stereocenters. The van der Waals surface area contributed by atoms with Gasteiger partial charge in [0, 0.05) is 12.2 Å². The van der Waals surface area contributed by atoms with Crippen LogP contribution in [-0.2, 0) is 30.3 Å². The Kier molecular flexibility index (Phi) is 6.91. The summed E-state index contributed by atoms with van der Waals surface area (Å²) in [4.78, 5) is 35.0. The number of morpholine rings is 1. The lowest BCUT2D eigenvalue weighted by Gasteiger charge is -2.29. The lowest BCUT2D eigenvalue weighted by molar-refractivity contribution is -0.141. The van der Waals surface area contributed by atoms with Crippen LogP contribution in [0.5, 0.6) is 0 Å². The zero-order valence-electron chi connectivity index (χ0n) is 14.3. The maximum absolute atomic E-state index is 12.3. The van der Waals surface area contributed by atoms with E-state index in [1.165, 1.54) is 7.11 Å². The number of hydrogen-bond donors (Lipinski definition) is 3. The minimum Gasteiger partial charge on any atom is -0.468 e. The van der Waals surface area contributed by atoms with Crippen LogP contribution in [0, 0.1) is 0 Å². The molecule has 8 nitrogen and oxygen atoms in total. The van der Waals surface area contributed by atoms with Gasteiger partial charge >= 0.3 is 5.97 Å². The number of ether oxygens (including phenoxy) is 2. The molecule has 2 amide bonds. The Labute approximate surface area is 146 Å². The van der Waals surface area contributed by atoms with E-state index in [0.29, 0.717) is 18.8 Å². The minimum absolute atomic E-state index is 0.139. The highest BCUT2D eigenvalue weighted by atomic mass is 16.5. The number of amides is 2. The SMILES string of the molecule is COC(=O)CNC(=O)Cc1ccc(NC(=O)[C@H]2NCCO[C@@H]2C)cc1. The van der Waals surface area contributed by atoms with Gasteiger partial charge in [-0.05, 0) is 24.6 Å². The molecular formula is C17H23N3O5. The first kappa shape index (κ1) is 18.9. The predicted octanol–water partition coefficient (Wildman–Crippen LogP) is -0.166. The molecule has 1 aromatic rings. The van der Waals surface area contributed by atoms with Crippen molar-refractivity contribution in [3.05, 3.63) is 29.8 Å². The number of rotatable bonds is 6. The highest BCUT2D eigenvalue weighted by molar-refractivity contribution is 5.95. The van der Waals surface area contributed by atoms with Crippen molar-refractivity contribution in [2.45, 2.75) is 25.5 Å². The molecule has 1 saturated heterocycles. The lowest BCUT2D eigenvalue weighted by atomic mass is 10.1. The van der Waals surface area contributed by atoms with Crippen LogP contribution in [0.25, 0.3) is 0 Å². The molecule has 25 heavy (non-hydrogen) atoms. The molecule has 3 N–H and O–H groups in total. The second-order valence-electron chi connectivity index (χ2n) is 5.72. The van der Waals surface area contributed by atoms with E-state index in [2.05, 4.69) is 20.7 Å². The Hall–Kier alpha value is -2.45. The van der Waals surface area contributed by atoms with Crippen LogP contribution >= 0.6 is 0 Å². The van der Waals surface area contributed by atoms with Crippen molar-refractivity contribution in [2.75, 3.05) is 32.1 Å². The topological polar surface area (TPSA) is 106 Å². The molecule has 0 unspecified atom stereocenters. The number of anilines is 1. The molecule has 0 saturated carbocycles. The summed E-state index contributed by atoms with van der Waals surface area (Å²) in [5.74, 6) is -0.934. The molecule has 8 heteroatoms. The molecule has 136 valence electrons. The van der Waals surface area contributed by atoms with E-state index in [4.69, 9.17) is 4.74 Å². The van der Waals surface area contributed by atoms with Crippen molar-refractivity contribution in [3.8, 4) is 0 Å². The van der Waals surface area contributed by atoms with E-state index in [0.717, 1.165) is 5.56 Å². The first-order valence-electron chi connectivity index (χ1n) is 8.08. The normalized spacial score (nSPS) is 19.8. The highest BCUT2D eigenvalue weighted by Gasteiger charge is 2.28. The van der Waals surface area contributed by atoms with E-state index >= 15 is 0 Å². The van der Waals surface area contributed by atoms with Gasteiger partial charge in [-0.2, -0.15) is 0 Å². The third-order valence-corrected chi connectivity index (χ3v) is 3.84. The zero-order chi connectivity index (χ0) is 18.2.